The van der Waals surface area contributed by atoms with Crippen LogP contribution in [0.4, 0.5) is 0 Å². The van der Waals surface area contributed by atoms with Crippen LogP contribution in [0.25, 0.3) is 10.9 Å². The molecule has 5 N–H and O–H groups in total. The number of carboxylic acids is 1. The number of nitrogens with two attached hydrogens (primary N) is 1. The number of carbonyl (C=O) groups excluding carboxylic acids is 1. The molecule has 1 atom stereocenters. The van der Waals surface area contributed by atoms with E-state index < -0.39 is 17.9 Å². The van der Waals surface area contributed by atoms with Crippen LogP contribution < -0.4 is 11.1 Å². The van der Waals surface area contributed by atoms with Crippen LogP contribution >= 0.6 is 0 Å². The van der Waals surface area contributed by atoms with Crippen molar-refractivity contribution in [3.05, 3.63) is 36.0 Å². The summed E-state index contributed by atoms with van der Waals surface area (Å²) in [7, 11) is 0. The van der Waals surface area contributed by atoms with Crippen molar-refractivity contribution in [1.82, 2.24) is 10.3 Å². The van der Waals surface area contributed by atoms with Gasteiger partial charge in [0.15, 0.2) is 6.04 Å². The Morgan fingerprint density at radius 1 is 1.39 bits per heavy atom. The maximum absolute atomic E-state index is 11.2. The Morgan fingerprint density at radius 2 is 2.11 bits per heavy atom. The van der Waals surface area contributed by atoms with Gasteiger partial charge in [0.05, 0.1) is 6.54 Å². The summed E-state index contributed by atoms with van der Waals surface area (Å²) in [6, 6.07) is 6.19. The molecule has 0 saturated heterocycles. The summed E-state index contributed by atoms with van der Waals surface area (Å²) in [6.45, 7) is -0.244. The fraction of sp³-hybridized carbons (Fsp3) is 0.167. The summed E-state index contributed by atoms with van der Waals surface area (Å²) in [4.78, 5) is 25.4. The third kappa shape index (κ3) is 2.18. The summed E-state index contributed by atoms with van der Waals surface area (Å²) in [5.74, 6) is -1.63. The smallest absolute Gasteiger partial charge is 0.330 e. The van der Waals surface area contributed by atoms with E-state index in [1.54, 1.807) is 12.3 Å². The third-order valence-electron chi connectivity index (χ3n) is 2.67. The first-order valence-corrected chi connectivity index (χ1v) is 5.41. The number of benzene rings is 1. The minimum Gasteiger partial charge on any atom is -0.479 e. The molecule has 0 aliphatic heterocycles. The maximum Gasteiger partial charge on any atom is 0.330 e. The van der Waals surface area contributed by atoms with E-state index in [0.717, 1.165) is 10.9 Å². The molecule has 94 valence electrons. The number of aromatic nitrogens is 1. The molecule has 0 spiro atoms. The number of aliphatic carboxylic acids is 1. The van der Waals surface area contributed by atoms with Gasteiger partial charge in [0.2, 0.25) is 5.91 Å². The summed E-state index contributed by atoms with van der Waals surface area (Å²) < 4.78 is 0. The molecule has 2 aromatic rings. The first kappa shape index (κ1) is 12.1. The molecule has 6 heteroatoms. The van der Waals surface area contributed by atoms with Crippen molar-refractivity contribution < 1.29 is 14.7 Å². The molecule has 0 aliphatic carbocycles. The Hall–Kier alpha value is -2.34. The van der Waals surface area contributed by atoms with Crippen molar-refractivity contribution in [2.24, 2.45) is 5.73 Å². The van der Waals surface area contributed by atoms with E-state index in [4.69, 9.17) is 5.73 Å². The highest BCUT2D eigenvalue weighted by Gasteiger charge is 2.24. The van der Waals surface area contributed by atoms with Crippen LogP contribution in [0.5, 0.6) is 0 Å². The molecule has 0 saturated carbocycles. The Morgan fingerprint density at radius 3 is 2.78 bits per heavy atom. The first-order chi connectivity index (χ1) is 8.63. The molecule has 0 fully saturated rings. The van der Waals surface area contributed by atoms with Crippen LogP contribution in [-0.4, -0.2) is 28.5 Å². The standard InChI is InChI=1S/C12H13N3O3/c13-5-10(16)15-11(12(17)18)8-6-14-9-4-2-1-3-7(8)9/h1-4,6,11,14H,5,13H2,(H,15,16)(H,17,18). The molecule has 0 radical (unpaired) electrons. The summed E-state index contributed by atoms with van der Waals surface area (Å²) in [5.41, 5.74) is 6.51. The van der Waals surface area contributed by atoms with Crippen molar-refractivity contribution in [3.8, 4) is 0 Å². The van der Waals surface area contributed by atoms with Crippen LogP contribution in [0, 0.1) is 0 Å². The van der Waals surface area contributed by atoms with Gasteiger partial charge in [0.1, 0.15) is 0 Å². The molecular weight excluding hydrogens is 234 g/mol. The predicted molar refractivity (Wildman–Crippen MR) is 65.9 cm³/mol. The monoisotopic (exact) mass is 247 g/mol. The van der Waals surface area contributed by atoms with E-state index in [0.29, 0.717) is 5.56 Å². The Balaban J connectivity index is 2.42. The number of amides is 1. The highest BCUT2D eigenvalue weighted by Crippen LogP contribution is 2.24. The fourth-order valence-corrected chi connectivity index (χ4v) is 1.83. The third-order valence-corrected chi connectivity index (χ3v) is 2.67. The van der Waals surface area contributed by atoms with Gasteiger partial charge in [0, 0.05) is 22.7 Å². The van der Waals surface area contributed by atoms with Gasteiger partial charge in [-0.15, -0.1) is 0 Å². The lowest BCUT2D eigenvalue weighted by Crippen LogP contribution is -2.37. The Labute approximate surface area is 103 Å². The fourth-order valence-electron chi connectivity index (χ4n) is 1.83. The van der Waals surface area contributed by atoms with Gasteiger partial charge < -0.3 is 21.1 Å². The van der Waals surface area contributed by atoms with Crippen LogP contribution in [0.15, 0.2) is 30.5 Å². The highest BCUT2D eigenvalue weighted by atomic mass is 16.4. The van der Waals surface area contributed by atoms with Crippen molar-refractivity contribution in [2.75, 3.05) is 6.54 Å². The van der Waals surface area contributed by atoms with Crippen molar-refractivity contribution in [1.29, 1.82) is 0 Å². The molecule has 0 aliphatic rings. The second-order valence-electron chi connectivity index (χ2n) is 3.83. The van der Waals surface area contributed by atoms with Crippen LogP contribution in [0.1, 0.15) is 11.6 Å². The van der Waals surface area contributed by atoms with E-state index in [2.05, 4.69) is 10.3 Å². The van der Waals surface area contributed by atoms with Crippen molar-refractivity contribution >= 4 is 22.8 Å². The quantitative estimate of drug-likeness (QED) is 0.625. The molecule has 2 rings (SSSR count). The molecule has 1 aromatic heterocycles. The SMILES string of the molecule is NCC(=O)NC(C(=O)O)c1c[nH]c2ccccc12. The zero-order valence-electron chi connectivity index (χ0n) is 9.51. The lowest BCUT2D eigenvalue weighted by Gasteiger charge is -2.13. The number of H-pyrrole nitrogens is 1. The van der Waals surface area contributed by atoms with Crippen LogP contribution in [0.2, 0.25) is 0 Å². The number of carboxylic acid groups (broad SMARTS) is 1. The average Bonchev–Trinajstić information content (AvgIpc) is 2.79. The molecule has 6 nitrogen and oxygen atoms in total. The lowest BCUT2D eigenvalue weighted by molar-refractivity contribution is -0.141. The van der Waals surface area contributed by atoms with E-state index in [9.17, 15) is 14.7 Å². The number of aromatic amines is 1. The van der Waals surface area contributed by atoms with Gasteiger partial charge in [0.25, 0.3) is 0 Å². The number of hydrogen-bond acceptors (Lipinski definition) is 3. The van der Waals surface area contributed by atoms with Gasteiger partial charge in [-0.2, -0.15) is 0 Å². The topological polar surface area (TPSA) is 108 Å². The highest BCUT2D eigenvalue weighted by molar-refractivity contribution is 5.92. The molecule has 1 unspecified atom stereocenters. The zero-order valence-corrected chi connectivity index (χ0v) is 9.51. The van der Waals surface area contributed by atoms with Crippen LogP contribution in [0.3, 0.4) is 0 Å². The van der Waals surface area contributed by atoms with Gasteiger partial charge in [-0.1, -0.05) is 18.2 Å². The summed E-state index contributed by atoms with van der Waals surface area (Å²) in [5, 5.41) is 12.3. The van der Waals surface area contributed by atoms with Gasteiger partial charge in [-0.05, 0) is 6.07 Å². The Kier molecular flexibility index (Phi) is 3.29. The number of hydrogen-bond donors (Lipinski definition) is 4. The maximum atomic E-state index is 11.2. The lowest BCUT2D eigenvalue weighted by atomic mass is 10.1. The average molecular weight is 247 g/mol. The second-order valence-corrected chi connectivity index (χ2v) is 3.83. The zero-order chi connectivity index (χ0) is 13.1. The predicted octanol–water partition coefficient (Wildman–Crippen LogP) is 0.369. The van der Waals surface area contributed by atoms with Gasteiger partial charge in [-0.25, -0.2) is 4.79 Å². The van der Waals surface area contributed by atoms with Gasteiger partial charge in [-0.3, -0.25) is 4.79 Å². The number of fused-ring (bicyclic) bond motifs is 1. The first-order valence-electron chi connectivity index (χ1n) is 5.41. The summed E-state index contributed by atoms with van der Waals surface area (Å²) in [6.07, 6.45) is 1.58. The summed E-state index contributed by atoms with van der Waals surface area (Å²) >= 11 is 0. The van der Waals surface area contributed by atoms with Crippen LogP contribution in [-0.2, 0) is 9.59 Å². The largest absolute Gasteiger partial charge is 0.479 e. The van der Waals surface area contributed by atoms with Gasteiger partial charge >= 0.3 is 5.97 Å². The molecule has 1 amide bonds. The minimum absolute atomic E-state index is 0.244. The number of carbonyl (C=O) groups is 2. The number of nitrogens with one attached hydrogen (secondary N) is 2. The molecular formula is C12H13N3O3. The number of rotatable bonds is 4. The van der Waals surface area contributed by atoms with Crippen molar-refractivity contribution in [2.45, 2.75) is 6.04 Å². The minimum atomic E-state index is -1.12. The van der Waals surface area contributed by atoms with E-state index in [1.165, 1.54) is 0 Å². The van der Waals surface area contributed by atoms with Crippen molar-refractivity contribution in [3.63, 3.8) is 0 Å². The molecule has 1 aromatic carbocycles. The van der Waals surface area contributed by atoms with E-state index in [1.807, 2.05) is 18.2 Å². The van der Waals surface area contributed by atoms with E-state index in [-0.39, 0.29) is 6.54 Å². The van der Waals surface area contributed by atoms with E-state index >= 15 is 0 Å². The molecule has 1 heterocycles. The Bertz CT molecular complexity index is 591. The normalized spacial score (nSPS) is 12.3. The number of para-hydroxylation sites is 1. The molecule has 18 heavy (non-hydrogen) atoms. The molecule has 0 bridgehead atoms. The second kappa shape index (κ2) is 4.89.